The molecule has 0 aliphatic carbocycles. The lowest BCUT2D eigenvalue weighted by Gasteiger charge is -2.26. The second-order valence-corrected chi connectivity index (χ2v) is 2.33. The Morgan fingerprint density at radius 1 is 1.67 bits per heavy atom. The SMILES string of the molecule is CN[C@H]1COCC[C@@H]1O. The molecule has 54 valence electrons. The van der Waals surface area contributed by atoms with Gasteiger partial charge in [0.15, 0.2) is 0 Å². The van der Waals surface area contributed by atoms with Gasteiger partial charge >= 0.3 is 0 Å². The smallest absolute Gasteiger partial charge is 0.0737 e. The molecule has 3 nitrogen and oxygen atoms in total. The fourth-order valence-electron chi connectivity index (χ4n) is 1.00. The highest BCUT2D eigenvalue weighted by Crippen LogP contribution is 2.05. The van der Waals surface area contributed by atoms with Gasteiger partial charge in [0.1, 0.15) is 0 Å². The Balaban J connectivity index is 2.30. The van der Waals surface area contributed by atoms with E-state index >= 15 is 0 Å². The molecule has 1 rings (SSSR count). The zero-order valence-corrected chi connectivity index (χ0v) is 5.63. The van der Waals surface area contributed by atoms with Gasteiger partial charge < -0.3 is 15.2 Å². The van der Waals surface area contributed by atoms with E-state index in [9.17, 15) is 5.11 Å². The van der Waals surface area contributed by atoms with Crippen molar-refractivity contribution in [3.63, 3.8) is 0 Å². The highest BCUT2D eigenvalue weighted by molar-refractivity contribution is 4.76. The summed E-state index contributed by atoms with van der Waals surface area (Å²) >= 11 is 0. The third-order valence-corrected chi connectivity index (χ3v) is 1.69. The number of likely N-dealkylation sites (N-methyl/N-ethyl adjacent to an activating group) is 1. The minimum Gasteiger partial charge on any atom is -0.391 e. The van der Waals surface area contributed by atoms with E-state index in [2.05, 4.69) is 5.32 Å². The molecule has 0 amide bonds. The summed E-state index contributed by atoms with van der Waals surface area (Å²) in [4.78, 5) is 0. The van der Waals surface area contributed by atoms with E-state index in [1.807, 2.05) is 7.05 Å². The highest BCUT2D eigenvalue weighted by Gasteiger charge is 2.21. The molecule has 0 spiro atoms. The monoisotopic (exact) mass is 131 g/mol. The van der Waals surface area contributed by atoms with E-state index in [1.54, 1.807) is 0 Å². The third kappa shape index (κ3) is 1.64. The van der Waals surface area contributed by atoms with Crippen LogP contribution in [0.5, 0.6) is 0 Å². The van der Waals surface area contributed by atoms with Gasteiger partial charge in [-0.3, -0.25) is 0 Å². The predicted molar refractivity (Wildman–Crippen MR) is 34.3 cm³/mol. The molecule has 1 aliphatic heterocycles. The van der Waals surface area contributed by atoms with Gasteiger partial charge in [-0.1, -0.05) is 0 Å². The van der Waals surface area contributed by atoms with E-state index in [-0.39, 0.29) is 12.1 Å². The van der Waals surface area contributed by atoms with Crippen molar-refractivity contribution >= 4 is 0 Å². The van der Waals surface area contributed by atoms with Crippen molar-refractivity contribution in [2.75, 3.05) is 20.3 Å². The Morgan fingerprint density at radius 3 is 2.89 bits per heavy atom. The zero-order chi connectivity index (χ0) is 6.69. The summed E-state index contributed by atoms with van der Waals surface area (Å²) in [6, 6.07) is 0.138. The van der Waals surface area contributed by atoms with Crippen molar-refractivity contribution in [2.45, 2.75) is 18.6 Å². The summed E-state index contributed by atoms with van der Waals surface area (Å²) < 4.78 is 5.12. The molecule has 1 fully saturated rings. The van der Waals surface area contributed by atoms with Gasteiger partial charge in [0, 0.05) is 6.61 Å². The summed E-state index contributed by atoms with van der Waals surface area (Å²) in [6.45, 7) is 1.33. The first-order chi connectivity index (χ1) is 4.34. The molecule has 1 saturated heterocycles. The van der Waals surface area contributed by atoms with Crippen LogP contribution in [0.1, 0.15) is 6.42 Å². The number of hydrogen-bond donors (Lipinski definition) is 2. The van der Waals surface area contributed by atoms with Crippen LogP contribution in [-0.4, -0.2) is 37.5 Å². The second kappa shape index (κ2) is 3.15. The molecule has 0 aromatic rings. The van der Waals surface area contributed by atoms with Crippen LogP contribution < -0.4 is 5.32 Å². The van der Waals surface area contributed by atoms with Crippen LogP contribution >= 0.6 is 0 Å². The summed E-state index contributed by atoms with van der Waals surface area (Å²) in [6.07, 6.45) is 0.537. The van der Waals surface area contributed by atoms with Crippen LogP contribution in [0.15, 0.2) is 0 Å². The van der Waals surface area contributed by atoms with Gasteiger partial charge in [0.2, 0.25) is 0 Å². The van der Waals surface area contributed by atoms with Crippen molar-refractivity contribution in [1.82, 2.24) is 5.32 Å². The summed E-state index contributed by atoms with van der Waals surface area (Å²) in [7, 11) is 1.84. The first-order valence-electron chi connectivity index (χ1n) is 3.27. The minimum absolute atomic E-state index is 0.138. The molecule has 2 atom stereocenters. The lowest BCUT2D eigenvalue weighted by atomic mass is 10.1. The summed E-state index contributed by atoms with van der Waals surface area (Å²) in [5.74, 6) is 0. The van der Waals surface area contributed by atoms with E-state index in [1.165, 1.54) is 0 Å². The summed E-state index contributed by atoms with van der Waals surface area (Å²) in [5, 5.41) is 12.2. The van der Waals surface area contributed by atoms with Crippen LogP contribution in [0.3, 0.4) is 0 Å². The molecule has 0 unspecified atom stereocenters. The average molecular weight is 131 g/mol. The number of nitrogens with one attached hydrogen (secondary N) is 1. The first-order valence-corrected chi connectivity index (χ1v) is 3.27. The molecule has 2 N–H and O–H groups in total. The molecule has 0 bridgehead atoms. The van der Waals surface area contributed by atoms with E-state index in [0.29, 0.717) is 13.2 Å². The van der Waals surface area contributed by atoms with Crippen molar-refractivity contribution in [1.29, 1.82) is 0 Å². The molecule has 0 aromatic heterocycles. The fourth-order valence-corrected chi connectivity index (χ4v) is 1.00. The quantitative estimate of drug-likeness (QED) is 0.497. The Morgan fingerprint density at radius 2 is 2.44 bits per heavy atom. The molecule has 3 heteroatoms. The molecule has 0 saturated carbocycles. The standard InChI is InChI=1S/C6H13NO2/c1-7-5-4-9-3-2-6(5)8/h5-8H,2-4H2,1H3/t5-,6-/m0/s1. The Labute approximate surface area is 55.0 Å². The Kier molecular flexibility index (Phi) is 2.45. The minimum atomic E-state index is -0.219. The third-order valence-electron chi connectivity index (χ3n) is 1.69. The van der Waals surface area contributed by atoms with Gasteiger partial charge in [0.05, 0.1) is 18.8 Å². The van der Waals surface area contributed by atoms with Crippen LogP contribution in [0.25, 0.3) is 0 Å². The molecular weight excluding hydrogens is 118 g/mol. The Hall–Kier alpha value is -0.120. The molecule has 0 radical (unpaired) electrons. The topological polar surface area (TPSA) is 41.5 Å². The van der Waals surface area contributed by atoms with Crippen molar-refractivity contribution in [2.24, 2.45) is 0 Å². The number of hydrogen-bond acceptors (Lipinski definition) is 3. The predicted octanol–water partition coefficient (Wildman–Crippen LogP) is -0.644. The maximum Gasteiger partial charge on any atom is 0.0737 e. The van der Waals surface area contributed by atoms with Gasteiger partial charge in [-0.05, 0) is 13.5 Å². The molecule has 0 aromatic carbocycles. The maximum absolute atomic E-state index is 9.23. The van der Waals surface area contributed by atoms with E-state index < -0.39 is 0 Å². The second-order valence-electron chi connectivity index (χ2n) is 2.33. The van der Waals surface area contributed by atoms with Crippen molar-refractivity contribution in [3.05, 3.63) is 0 Å². The van der Waals surface area contributed by atoms with Crippen LogP contribution in [0.4, 0.5) is 0 Å². The van der Waals surface area contributed by atoms with Crippen LogP contribution in [0, 0.1) is 0 Å². The zero-order valence-electron chi connectivity index (χ0n) is 5.63. The molecular formula is C6H13NO2. The fraction of sp³-hybridized carbons (Fsp3) is 1.00. The average Bonchev–Trinajstić information content (AvgIpc) is 1.89. The Bertz CT molecular complexity index is 87.1. The number of ether oxygens (including phenoxy) is 1. The van der Waals surface area contributed by atoms with Gasteiger partial charge in [-0.2, -0.15) is 0 Å². The van der Waals surface area contributed by atoms with E-state index in [4.69, 9.17) is 4.74 Å². The maximum atomic E-state index is 9.23. The lowest BCUT2D eigenvalue weighted by molar-refractivity contribution is -0.0130. The van der Waals surface area contributed by atoms with E-state index in [0.717, 1.165) is 6.42 Å². The lowest BCUT2D eigenvalue weighted by Crippen LogP contribution is -2.45. The van der Waals surface area contributed by atoms with Gasteiger partial charge in [-0.15, -0.1) is 0 Å². The number of aliphatic hydroxyl groups is 1. The highest BCUT2D eigenvalue weighted by atomic mass is 16.5. The van der Waals surface area contributed by atoms with Crippen LogP contribution in [-0.2, 0) is 4.74 Å². The molecule has 1 aliphatic rings. The van der Waals surface area contributed by atoms with Crippen molar-refractivity contribution in [3.8, 4) is 0 Å². The first kappa shape index (κ1) is 6.99. The number of aliphatic hydroxyl groups excluding tert-OH is 1. The van der Waals surface area contributed by atoms with Gasteiger partial charge in [-0.25, -0.2) is 0 Å². The largest absolute Gasteiger partial charge is 0.391 e. The van der Waals surface area contributed by atoms with Crippen molar-refractivity contribution < 1.29 is 9.84 Å². The number of rotatable bonds is 1. The van der Waals surface area contributed by atoms with Gasteiger partial charge in [0.25, 0.3) is 0 Å². The normalized spacial score (nSPS) is 36.7. The molecule has 1 heterocycles. The molecule has 9 heavy (non-hydrogen) atoms. The summed E-state index contributed by atoms with van der Waals surface area (Å²) in [5.41, 5.74) is 0. The van der Waals surface area contributed by atoms with Crippen LogP contribution in [0.2, 0.25) is 0 Å².